The summed E-state index contributed by atoms with van der Waals surface area (Å²) in [7, 11) is 0. The lowest BCUT2D eigenvalue weighted by atomic mass is 9.76. The third kappa shape index (κ3) is 5.23. The predicted octanol–water partition coefficient (Wildman–Crippen LogP) is 3.96. The van der Waals surface area contributed by atoms with Crippen LogP contribution in [-0.4, -0.2) is 63.8 Å². The number of carbonyl (C=O) groups is 3. The van der Waals surface area contributed by atoms with E-state index >= 15 is 0 Å². The molecule has 2 N–H and O–H groups in total. The van der Waals surface area contributed by atoms with Gasteiger partial charge < -0.3 is 19.8 Å². The topological polar surface area (TPSA) is 107 Å². The van der Waals surface area contributed by atoms with Crippen LogP contribution in [0.4, 0.5) is 9.59 Å². The quantitative estimate of drug-likeness (QED) is 0.766. The third-order valence-corrected chi connectivity index (χ3v) is 5.23. The molecule has 1 aromatic rings. The number of nitrogens with zero attached hydrogens (tertiary/aromatic N) is 2. The average molecular weight is 421 g/mol. The van der Waals surface area contributed by atoms with E-state index in [4.69, 9.17) is 4.74 Å². The van der Waals surface area contributed by atoms with Crippen LogP contribution in [0.25, 0.3) is 0 Å². The van der Waals surface area contributed by atoms with Crippen LogP contribution in [0.2, 0.25) is 0 Å². The molecule has 1 saturated heterocycles. The van der Waals surface area contributed by atoms with Gasteiger partial charge in [-0.3, -0.25) is 4.90 Å². The minimum Gasteiger partial charge on any atom is -0.480 e. The molecule has 1 aliphatic heterocycles. The number of aliphatic carboxylic acids is 1. The molecule has 30 heavy (non-hydrogen) atoms. The minimum absolute atomic E-state index is 0.0761. The van der Waals surface area contributed by atoms with E-state index < -0.39 is 35.7 Å². The molecule has 8 heteroatoms. The standard InChI is InChI=1S/C22H32N2O6/c1-21(2,3)15-10-8-7-9-14(15)17(22(4,5)6)30-20(29)23-11-12-24(19(27)28)16(13-23)18(25)26/h7-10,16-17H,11-13H2,1-6H3,(H,25,26)(H,27,28). The summed E-state index contributed by atoms with van der Waals surface area (Å²) >= 11 is 0. The van der Waals surface area contributed by atoms with E-state index in [-0.39, 0.29) is 25.0 Å². The fourth-order valence-corrected chi connectivity index (χ4v) is 3.68. The Morgan fingerprint density at radius 2 is 1.63 bits per heavy atom. The zero-order valence-corrected chi connectivity index (χ0v) is 18.5. The molecule has 1 aliphatic rings. The van der Waals surface area contributed by atoms with Gasteiger partial charge in [0.1, 0.15) is 6.10 Å². The summed E-state index contributed by atoms with van der Waals surface area (Å²) in [6, 6.07) is 6.51. The molecule has 0 bridgehead atoms. The first kappa shape index (κ1) is 23.5. The highest BCUT2D eigenvalue weighted by molar-refractivity contribution is 5.81. The van der Waals surface area contributed by atoms with E-state index in [1.165, 1.54) is 4.90 Å². The van der Waals surface area contributed by atoms with Crippen molar-refractivity contribution in [2.24, 2.45) is 5.41 Å². The van der Waals surface area contributed by atoms with Crippen LogP contribution in [-0.2, 0) is 14.9 Å². The van der Waals surface area contributed by atoms with E-state index in [9.17, 15) is 24.6 Å². The van der Waals surface area contributed by atoms with Crippen molar-refractivity contribution in [1.82, 2.24) is 9.80 Å². The maximum absolute atomic E-state index is 13.0. The Labute approximate surface area is 177 Å². The van der Waals surface area contributed by atoms with Gasteiger partial charge in [0.25, 0.3) is 0 Å². The Hall–Kier alpha value is -2.77. The highest BCUT2D eigenvalue weighted by Crippen LogP contribution is 2.41. The van der Waals surface area contributed by atoms with Gasteiger partial charge in [-0.25, -0.2) is 14.4 Å². The second-order valence-corrected chi connectivity index (χ2v) is 9.74. The molecule has 0 radical (unpaired) electrons. The van der Waals surface area contributed by atoms with Crippen molar-refractivity contribution >= 4 is 18.2 Å². The molecule has 1 heterocycles. The lowest BCUT2D eigenvalue weighted by molar-refractivity contribution is -0.144. The molecular formula is C22H32N2O6. The number of hydrogen-bond donors (Lipinski definition) is 2. The number of carboxylic acid groups (broad SMARTS) is 2. The second-order valence-electron chi connectivity index (χ2n) is 9.74. The highest BCUT2D eigenvalue weighted by atomic mass is 16.6. The Morgan fingerprint density at radius 1 is 1.03 bits per heavy atom. The summed E-state index contributed by atoms with van der Waals surface area (Å²) in [4.78, 5) is 37.9. The summed E-state index contributed by atoms with van der Waals surface area (Å²) in [6.07, 6.45) is -2.52. The number of benzene rings is 1. The van der Waals surface area contributed by atoms with E-state index in [2.05, 4.69) is 20.8 Å². The van der Waals surface area contributed by atoms with Gasteiger partial charge in [0.05, 0.1) is 6.54 Å². The van der Waals surface area contributed by atoms with Crippen molar-refractivity contribution in [2.75, 3.05) is 19.6 Å². The molecule has 8 nitrogen and oxygen atoms in total. The highest BCUT2D eigenvalue weighted by Gasteiger charge is 2.40. The largest absolute Gasteiger partial charge is 0.480 e. The molecule has 2 unspecified atom stereocenters. The summed E-state index contributed by atoms with van der Waals surface area (Å²) in [5.41, 5.74) is 1.40. The van der Waals surface area contributed by atoms with Crippen LogP contribution in [0.3, 0.4) is 0 Å². The summed E-state index contributed by atoms with van der Waals surface area (Å²) in [5, 5.41) is 18.6. The molecule has 2 amide bonds. The monoisotopic (exact) mass is 420 g/mol. The van der Waals surface area contributed by atoms with Gasteiger partial charge in [0, 0.05) is 18.5 Å². The Morgan fingerprint density at radius 3 is 2.13 bits per heavy atom. The molecule has 0 saturated carbocycles. The molecule has 2 rings (SSSR count). The average Bonchev–Trinajstić information content (AvgIpc) is 2.63. The number of carboxylic acids is 1. The smallest absolute Gasteiger partial charge is 0.410 e. The first-order valence-corrected chi connectivity index (χ1v) is 10.0. The summed E-state index contributed by atoms with van der Waals surface area (Å²) < 4.78 is 5.93. The van der Waals surface area contributed by atoms with E-state index in [1.807, 2.05) is 45.0 Å². The maximum atomic E-state index is 13.0. The van der Waals surface area contributed by atoms with Crippen LogP contribution in [0.15, 0.2) is 24.3 Å². The third-order valence-electron chi connectivity index (χ3n) is 5.23. The normalized spacial score (nSPS) is 18.7. The second kappa shape index (κ2) is 8.53. The number of piperazine rings is 1. The van der Waals surface area contributed by atoms with Gasteiger partial charge in [-0.05, 0) is 16.5 Å². The first-order chi connectivity index (χ1) is 13.7. The summed E-state index contributed by atoms with van der Waals surface area (Å²) in [6.45, 7) is 12.0. The van der Waals surface area contributed by atoms with E-state index in [0.29, 0.717) is 0 Å². The SMILES string of the molecule is CC(C)(C)c1ccccc1C(OC(=O)N1CCN(C(=O)O)C(C(=O)O)C1)C(C)(C)C. The van der Waals surface area contributed by atoms with Gasteiger partial charge in [-0.1, -0.05) is 65.8 Å². The molecule has 1 aromatic carbocycles. The van der Waals surface area contributed by atoms with Crippen molar-refractivity contribution in [2.45, 2.75) is 59.1 Å². The minimum atomic E-state index is -1.32. The van der Waals surface area contributed by atoms with Crippen molar-refractivity contribution in [3.05, 3.63) is 35.4 Å². The lowest BCUT2D eigenvalue weighted by Crippen LogP contribution is -2.59. The molecule has 1 fully saturated rings. The van der Waals surface area contributed by atoms with Gasteiger partial charge >= 0.3 is 18.2 Å². The van der Waals surface area contributed by atoms with Gasteiger partial charge in [0.2, 0.25) is 0 Å². The van der Waals surface area contributed by atoms with E-state index in [1.54, 1.807) is 0 Å². The first-order valence-electron chi connectivity index (χ1n) is 10.0. The van der Waals surface area contributed by atoms with Gasteiger partial charge in [-0.15, -0.1) is 0 Å². The fourth-order valence-electron chi connectivity index (χ4n) is 3.68. The predicted molar refractivity (Wildman–Crippen MR) is 112 cm³/mol. The Bertz CT molecular complexity index is 809. The Balaban J connectivity index is 2.30. The Kier molecular flexibility index (Phi) is 6.69. The van der Waals surface area contributed by atoms with Crippen molar-refractivity contribution in [3.63, 3.8) is 0 Å². The molecule has 166 valence electrons. The number of rotatable bonds is 3. The fraction of sp³-hybridized carbons (Fsp3) is 0.591. The van der Waals surface area contributed by atoms with Crippen LogP contribution in [0.1, 0.15) is 58.8 Å². The zero-order valence-electron chi connectivity index (χ0n) is 18.5. The van der Waals surface area contributed by atoms with Gasteiger partial charge in [-0.2, -0.15) is 0 Å². The molecule has 0 spiro atoms. The molecule has 0 aliphatic carbocycles. The zero-order chi connectivity index (χ0) is 22.9. The van der Waals surface area contributed by atoms with E-state index in [0.717, 1.165) is 16.0 Å². The number of ether oxygens (including phenoxy) is 1. The van der Waals surface area contributed by atoms with Crippen LogP contribution < -0.4 is 0 Å². The lowest BCUT2D eigenvalue weighted by Gasteiger charge is -2.39. The summed E-state index contributed by atoms with van der Waals surface area (Å²) in [5.74, 6) is -1.29. The molecule has 2 atom stereocenters. The maximum Gasteiger partial charge on any atom is 0.410 e. The van der Waals surface area contributed by atoms with Crippen molar-refractivity contribution in [1.29, 1.82) is 0 Å². The van der Waals surface area contributed by atoms with Crippen molar-refractivity contribution in [3.8, 4) is 0 Å². The molecule has 0 aromatic heterocycles. The van der Waals surface area contributed by atoms with Crippen LogP contribution in [0, 0.1) is 5.41 Å². The number of hydrogen-bond acceptors (Lipinski definition) is 4. The van der Waals surface area contributed by atoms with Crippen LogP contribution in [0.5, 0.6) is 0 Å². The van der Waals surface area contributed by atoms with Crippen molar-refractivity contribution < 1.29 is 29.3 Å². The number of amides is 2. The number of carbonyl (C=O) groups excluding carboxylic acids is 1. The van der Waals surface area contributed by atoms with Gasteiger partial charge in [0.15, 0.2) is 6.04 Å². The molecular weight excluding hydrogens is 388 g/mol. The van der Waals surface area contributed by atoms with Crippen LogP contribution >= 0.6 is 0 Å².